The number of nitrogens with one attached hydrogen (secondary N) is 1. The van der Waals surface area contributed by atoms with Crippen molar-refractivity contribution in [3.8, 4) is 17.0 Å². The highest BCUT2D eigenvalue weighted by Crippen LogP contribution is 2.66. The number of ether oxygens (including phenoxy) is 1. The average molecular weight is 740 g/mol. The molecule has 6 rings (SSSR count). The Labute approximate surface area is 314 Å². The molecule has 1 saturated carbocycles. The number of hydrogen-bond donors (Lipinski definition) is 1. The summed E-state index contributed by atoms with van der Waals surface area (Å²) >= 11 is 0. The number of aromatic nitrogens is 1. The Morgan fingerprint density at radius 2 is 1.73 bits per heavy atom. The normalized spacial score (nSPS) is 19.7. The van der Waals surface area contributed by atoms with Gasteiger partial charge in [-0.1, -0.05) is 47.1 Å². The second-order valence-electron chi connectivity index (χ2n) is 15.2. The first-order valence-electron chi connectivity index (χ1n) is 18.8. The molecule has 2 fully saturated rings. The van der Waals surface area contributed by atoms with Crippen molar-refractivity contribution in [2.45, 2.75) is 91.5 Å². The first-order chi connectivity index (χ1) is 24.3. The Balaban J connectivity index is 0.000000874. The number of carbonyl (C=O) groups is 2. The van der Waals surface area contributed by atoms with Gasteiger partial charge in [-0.15, -0.1) is 0 Å². The number of methoxy groups -OCH3 is 1. The molecule has 3 heterocycles. The molecule has 1 N–H and O–H groups in total. The van der Waals surface area contributed by atoms with Crippen LogP contribution < -0.4 is 9.46 Å². The summed E-state index contributed by atoms with van der Waals surface area (Å²) in [6, 6.07) is 11.8. The van der Waals surface area contributed by atoms with Crippen LogP contribution in [0.4, 0.5) is 0 Å². The molecule has 52 heavy (non-hydrogen) atoms. The van der Waals surface area contributed by atoms with Gasteiger partial charge in [0, 0.05) is 55.6 Å². The summed E-state index contributed by atoms with van der Waals surface area (Å²) in [7, 11) is 4.24. The van der Waals surface area contributed by atoms with E-state index < -0.39 is 21.3 Å². The summed E-state index contributed by atoms with van der Waals surface area (Å²) in [6.07, 6.45) is 8.07. The third-order valence-electron chi connectivity index (χ3n) is 10.8. The maximum Gasteiger partial charge on any atom is 0.264 e. The highest BCUT2D eigenvalue weighted by atomic mass is 32.2. The van der Waals surface area contributed by atoms with Crippen LogP contribution in [0.15, 0.2) is 36.4 Å². The largest absolute Gasteiger partial charge is 0.497 e. The number of hydrogen-bond acceptors (Lipinski definition) is 7. The van der Waals surface area contributed by atoms with Gasteiger partial charge in [0.15, 0.2) is 0 Å². The van der Waals surface area contributed by atoms with Gasteiger partial charge in [0.25, 0.3) is 5.91 Å². The van der Waals surface area contributed by atoms with Gasteiger partial charge < -0.3 is 24.0 Å². The molecule has 10 nitrogen and oxygen atoms in total. The highest BCUT2D eigenvalue weighted by Gasteiger charge is 2.63. The number of sulfonamides is 1. The van der Waals surface area contributed by atoms with E-state index in [4.69, 9.17) is 4.74 Å². The van der Waals surface area contributed by atoms with Gasteiger partial charge in [-0.25, -0.2) is 13.1 Å². The Morgan fingerprint density at radius 1 is 1.02 bits per heavy atom. The van der Waals surface area contributed by atoms with Crippen molar-refractivity contribution in [3.63, 3.8) is 0 Å². The fraction of sp³-hybridized carbons (Fsp3) is 0.610. The van der Waals surface area contributed by atoms with Crippen LogP contribution in [0.3, 0.4) is 0 Å². The van der Waals surface area contributed by atoms with Crippen LogP contribution in [-0.4, -0.2) is 107 Å². The topological polar surface area (TPSA) is 104 Å². The minimum absolute atomic E-state index is 0. The lowest BCUT2D eigenvalue weighted by molar-refractivity contribution is -0.137. The van der Waals surface area contributed by atoms with Crippen LogP contribution >= 0.6 is 0 Å². The molecule has 2 atom stereocenters. The molecule has 0 bridgehead atoms. The van der Waals surface area contributed by atoms with E-state index in [0.29, 0.717) is 19.0 Å². The molecule has 0 radical (unpaired) electrons. The fourth-order valence-corrected chi connectivity index (χ4v) is 8.85. The lowest BCUT2D eigenvalue weighted by Crippen LogP contribution is -2.41. The van der Waals surface area contributed by atoms with Crippen LogP contribution in [0.5, 0.6) is 5.75 Å². The molecule has 2 aliphatic heterocycles. The second-order valence-corrected chi connectivity index (χ2v) is 16.9. The summed E-state index contributed by atoms with van der Waals surface area (Å²) in [5, 5.41) is 1.06. The first-order valence-corrected chi connectivity index (χ1v) is 20.7. The number of fused-ring (bicyclic) bond motifs is 7. The Morgan fingerprint density at radius 3 is 2.33 bits per heavy atom. The third-order valence-corrected chi connectivity index (χ3v) is 11.4. The molecule has 3 aromatic rings. The van der Waals surface area contributed by atoms with Gasteiger partial charge in [-0.2, -0.15) is 0 Å². The number of benzene rings is 2. The van der Waals surface area contributed by atoms with Crippen molar-refractivity contribution in [1.29, 1.82) is 0 Å². The molecule has 2 amide bonds. The van der Waals surface area contributed by atoms with E-state index in [0.717, 1.165) is 97.9 Å². The first kappa shape index (κ1) is 41.3. The monoisotopic (exact) mass is 739 g/mol. The fourth-order valence-electron chi connectivity index (χ4n) is 8.40. The van der Waals surface area contributed by atoms with Crippen molar-refractivity contribution >= 4 is 32.7 Å². The standard InChI is InChI=1S/C35H46N4O5S.C5H13N.CH4.H2/c1-6-9-23(10-7-2)31-27-13-11-24(33(40)36-45(5,42)43)19-30(27)39-22-35(34(41)38-16-8-15-37(3)17-18-38)21-29(35)28-20-25(44-4)12-14-26(28)32(31)39;1-4-5-6(2)3;;/h11-14,19-20,23,29H,6-10,15-18,21-22H2,1-5H3,(H,36,40);4-5H2,1-3H3;1H4;1H. The average Bonchev–Trinajstić information content (AvgIpc) is 3.80. The van der Waals surface area contributed by atoms with Crippen molar-refractivity contribution in [1.82, 2.24) is 24.0 Å². The van der Waals surface area contributed by atoms with Crippen LogP contribution in [0.2, 0.25) is 0 Å². The van der Waals surface area contributed by atoms with E-state index >= 15 is 0 Å². The molecule has 2 unspecified atom stereocenters. The summed E-state index contributed by atoms with van der Waals surface area (Å²) in [5.74, 6) is 0.691. The van der Waals surface area contributed by atoms with E-state index in [1.165, 1.54) is 18.5 Å². The van der Waals surface area contributed by atoms with Crippen LogP contribution in [0.1, 0.15) is 108 Å². The molecular weight excluding hydrogens is 675 g/mol. The molecular formula is C41H65N5O5S. The van der Waals surface area contributed by atoms with E-state index in [-0.39, 0.29) is 26.2 Å². The van der Waals surface area contributed by atoms with Gasteiger partial charge in [0.2, 0.25) is 15.9 Å². The Hall–Kier alpha value is -3.41. The van der Waals surface area contributed by atoms with Crippen LogP contribution in [0, 0.1) is 5.41 Å². The van der Waals surface area contributed by atoms with Gasteiger partial charge in [-0.3, -0.25) is 9.59 Å². The summed E-state index contributed by atoms with van der Waals surface area (Å²) in [4.78, 5) is 34.3. The lowest BCUT2D eigenvalue weighted by Gasteiger charge is -2.27. The molecule has 0 spiro atoms. The van der Waals surface area contributed by atoms with Crippen molar-refractivity contribution < 1.29 is 24.2 Å². The maximum atomic E-state index is 14.6. The van der Waals surface area contributed by atoms with Gasteiger partial charge in [-0.05, 0) is 114 Å². The Kier molecular flexibility index (Phi) is 13.6. The minimum atomic E-state index is -3.73. The minimum Gasteiger partial charge on any atom is -0.497 e. The number of likely N-dealkylation sites (N-methyl/N-ethyl adjacent to an activating group) is 1. The van der Waals surface area contributed by atoms with Gasteiger partial charge in [0.05, 0.1) is 24.5 Å². The van der Waals surface area contributed by atoms with E-state index in [1.807, 2.05) is 18.2 Å². The van der Waals surface area contributed by atoms with E-state index in [9.17, 15) is 18.0 Å². The van der Waals surface area contributed by atoms with Crippen LogP contribution in [0.25, 0.3) is 22.2 Å². The molecule has 2 aromatic carbocycles. The predicted octanol–water partition coefficient (Wildman–Crippen LogP) is 7.18. The quantitative estimate of drug-likeness (QED) is 0.222. The molecule has 1 aromatic heterocycles. The smallest absolute Gasteiger partial charge is 0.264 e. The molecule has 3 aliphatic rings. The van der Waals surface area contributed by atoms with E-state index in [2.05, 4.69) is 78.0 Å². The lowest BCUT2D eigenvalue weighted by atomic mass is 9.85. The zero-order chi connectivity index (χ0) is 37.1. The van der Waals surface area contributed by atoms with Crippen molar-refractivity contribution in [3.05, 3.63) is 53.1 Å². The highest BCUT2D eigenvalue weighted by molar-refractivity contribution is 7.89. The van der Waals surface area contributed by atoms with Crippen molar-refractivity contribution in [2.24, 2.45) is 5.41 Å². The van der Waals surface area contributed by atoms with Gasteiger partial charge >= 0.3 is 0 Å². The molecule has 290 valence electrons. The van der Waals surface area contributed by atoms with Crippen molar-refractivity contribution in [2.75, 3.05) is 67.2 Å². The zero-order valence-electron chi connectivity index (χ0n) is 32.0. The molecule has 11 heteroatoms. The molecule has 1 aliphatic carbocycles. The summed E-state index contributed by atoms with van der Waals surface area (Å²) in [6.45, 7) is 11.6. The summed E-state index contributed by atoms with van der Waals surface area (Å²) < 4.78 is 34.0. The van der Waals surface area contributed by atoms with Crippen LogP contribution in [-0.2, 0) is 21.4 Å². The number of rotatable bonds is 11. The van der Waals surface area contributed by atoms with Gasteiger partial charge in [0.1, 0.15) is 5.75 Å². The number of carbonyl (C=O) groups excluding carboxylic acids is 2. The summed E-state index contributed by atoms with van der Waals surface area (Å²) in [5.41, 5.74) is 5.20. The number of nitrogens with zero attached hydrogens (tertiary/aromatic N) is 4. The van der Waals surface area contributed by atoms with E-state index in [1.54, 1.807) is 13.2 Å². The third kappa shape index (κ3) is 8.69. The molecule has 1 saturated heterocycles. The maximum absolute atomic E-state index is 14.6. The number of amides is 2. The zero-order valence-corrected chi connectivity index (χ0v) is 32.9. The second kappa shape index (κ2) is 17.2. The predicted molar refractivity (Wildman–Crippen MR) is 215 cm³/mol. The SMILES string of the molecule is C.CCCC(CCC)c1c2n(c3cc(C(=O)NS(C)(=O)=O)ccc13)CC1(C(=O)N3CCCN(C)CC3)CC1c1cc(OC)ccc1-2.CCCN(C)C.[HH]. The Bertz CT molecular complexity index is 1840.